The molecule has 1 aliphatic heterocycles. The van der Waals surface area contributed by atoms with Crippen molar-refractivity contribution in [1.82, 2.24) is 5.32 Å². The summed E-state index contributed by atoms with van der Waals surface area (Å²) in [4.78, 5) is 0. The Kier molecular flexibility index (Phi) is 1.39. The van der Waals surface area contributed by atoms with Crippen LogP contribution in [0.1, 0.15) is 40.0 Å². The first-order valence-corrected chi connectivity index (χ1v) is 4.77. The molecule has 1 heteroatoms. The van der Waals surface area contributed by atoms with Gasteiger partial charge in [0.15, 0.2) is 0 Å². The predicted molar refractivity (Wildman–Crippen MR) is 47.5 cm³/mol. The summed E-state index contributed by atoms with van der Waals surface area (Å²) in [6, 6.07) is 0. The van der Waals surface area contributed by atoms with Crippen LogP contribution in [-0.4, -0.2) is 12.1 Å². The van der Waals surface area contributed by atoms with Gasteiger partial charge < -0.3 is 5.32 Å². The Hall–Kier alpha value is -0.0400. The summed E-state index contributed by atoms with van der Waals surface area (Å²) >= 11 is 0. The summed E-state index contributed by atoms with van der Waals surface area (Å²) in [5, 5.41) is 3.68. The molecule has 2 fully saturated rings. The average molecular weight is 153 g/mol. The molecule has 1 N–H and O–H groups in total. The molecule has 0 radical (unpaired) electrons. The molecule has 0 aromatic rings. The van der Waals surface area contributed by atoms with Crippen molar-refractivity contribution in [2.24, 2.45) is 11.3 Å². The zero-order valence-corrected chi connectivity index (χ0v) is 7.91. The van der Waals surface area contributed by atoms with Crippen molar-refractivity contribution in [3.63, 3.8) is 0 Å². The van der Waals surface area contributed by atoms with Gasteiger partial charge in [-0.05, 0) is 37.5 Å². The Balaban J connectivity index is 2.19. The van der Waals surface area contributed by atoms with Gasteiger partial charge in [0.1, 0.15) is 0 Å². The van der Waals surface area contributed by atoms with Gasteiger partial charge in [0, 0.05) is 12.1 Å². The molecule has 2 unspecified atom stereocenters. The highest BCUT2D eigenvalue weighted by Crippen LogP contribution is 2.47. The lowest BCUT2D eigenvalue weighted by Gasteiger charge is -2.41. The second-order valence-corrected chi connectivity index (χ2v) is 5.34. The molecule has 1 heterocycles. The minimum Gasteiger partial charge on any atom is -0.311 e. The Bertz CT molecular complexity index is 174. The first-order valence-electron chi connectivity index (χ1n) is 4.77. The van der Waals surface area contributed by atoms with E-state index in [9.17, 15) is 0 Å². The number of nitrogens with one attached hydrogen (secondary N) is 1. The van der Waals surface area contributed by atoms with E-state index in [-0.39, 0.29) is 0 Å². The summed E-state index contributed by atoms with van der Waals surface area (Å²) in [6.45, 7) is 8.39. The molecule has 2 rings (SSSR count). The fraction of sp³-hybridized carbons (Fsp3) is 1.00. The smallest absolute Gasteiger partial charge is 0.0156 e. The summed E-state index contributed by atoms with van der Waals surface area (Å²) in [5.41, 5.74) is 1.05. The summed E-state index contributed by atoms with van der Waals surface area (Å²) in [6.07, 6.45) is 4.23. The van der Waals surface area contributed by atoms with Crippen LogP contribution in [0, 0.1) is 11.3 Å². The second kappa shape index (κ2) is 2.01. The van der Waals surface area contributed by atoms with Gasteiger partial charge in [0.25, 0.3) is 0 Å². The fourth-order valence-corrected chi connectivity index (χ4v) is 2.65. The molecule has 1 nitrogen and oxygen atoms in total. The lowest BCUT2D eigenvalue weighted by atomic mass is 9.74. The number of piperidine rings is 1. The Labute approximate surface area is 69.6 Å². The SMILES string of the molecule is CC12CCC(C1)C(C)(C)CN2. The third-order valence-corrected chi connectivity index (χ3v) is 3.82. The van der Waals surface area contributed by atoms with Crippen molar-refractivity contribution in [3.8, 4) is 0 Å². The van der Waals surface area contributed by atoms with Gasteiger partial charge in [-0.1, -0.05) is 13.8 Å². The predicted octanol–water partition coefficient (Wildman–Crippen LogP) is 2.17. The van der Waals surface area contributed by atoms with Gasteiger partial charge in [0.2, 0.25) is 0 Å². The van der Waals surface area contributed by atoms with Gasteiger partial charge >= 0.3 is 0 Å². The minimum atomic E-state index is 0.500. The zero-order valence-electron chi connectivity index (χ0n) is 7.91. The molecular formula is C10H19N. The number of rotatable bonds is 0. The molecule has 0 amide bonds. The van der Waals surface area contributed by atoms with E-state index in [1.807, 2.05) is 0 Å². The van der Waals surface area contributed by atoms with Crippen LogP contribution in [0.3, 0.4) is 0 Å². The van der Waals surface area contributed by atoms with Crippen LogP contribution >= 0.6 is 0 Å². The van der Waals surface area contributed by atoms with Gasteiger partial charge in [-0.15, -0.1) is 0 Å². The maximum absolute atomic E-state index is 3.68. The molecule has 2 aliphatic rings. The van der Waals surface area contributed by atoms with Gasteiger partial charge in [-0.25, -0.2) is 0 Å². The maximum atomic E-state index is 3.68. The molecule has 2 bridgehead atoms. The number of fused-ring (bicyclic) bond motifs is 2. The summed E-state index contributed by atoms with van der Waals surface area (Å²) in [5.74, 6) is 0.980. The van der Waals surface area contributed by atoms with Gasteiger partial charge in [-0.2, -0.15) is 0 Å². The van der Waals surface area contributed by atoms with Crippen LogP contribution in [0.15, 0.2) is 0 Å². The fourth-order valence-electron chi connectivity index (χ4n) is 2.65. The normalized spacial score (nSPS) is 47.7. The average Bonchev–Trinajstić information content (AvgIpc) is 2.25. The van der Waals surface area contributed by atoms with Crippen LogP contribution < -0.4 is 5.32 Å². The quantitative estimate of drug-likeness (QED) is 0.562. The lowest BCUT2D eigenvalue weighted by molar-refractivity contribution is 0.138. The molecule has 1 saturated carbocycles. The Morgan fingerprint density at radius 3 is 2.64 bits per heavy atom. The molecule has 2 atom stereocenters. The Morgan fingerprint density at radius 2 is 2.00 bits per heavy atom. The van der Waals surface area contributed by atoms with Crippen LogP contribution in [0.25, 0.3) is 0 Å². The highest BCUT2D eigenvalue weighted by molar-refractivity contribution is 5.02. The molecule has 0 aromatic carbocycles. The first kappa shape index (κ1) is 7.60. The summed E-state index contributed by atoms with van der Waals surface area (Å²) in [7, 11) is 0. The minimum absolute atomic E-state index is 0.500. The third-order valence-electron chi connectivity index (χ3n) is 3.82. The van der Waals surface area contributed by atoms with E-state index >= 15 is 0 Å². The van der Waals surface area contributed by atoms with E-state index < -0.39 is 0 Å². The van der Waals surface area contributed by atoms with E-state index in [4.69, 9.17) is 0 Å². The van der Waals surface area contributed by atoms with E-state index in [2.05, 4.69) is 26.1 Å². The van der Waals surface area contributed by atoms with E-state index in [0.717, 1.165) is 5.92 Å². The van der Waals surface area contributed by atoms with Crippen LogP contribution in [0.5, 0.6) is 0 Å². The Morgan fingerprint density at radius 1 is 1.27 bits per heavy atom. The molecule has 64 valence electrons. The molecule has 1 aliphatic carbocycles. The van der Waals surface area contributed by atoms with Gasteiger partial charge in [0.05, 0.1) is 0 Å². The van der Waals surface area contributed by atoms with Crippen LogP contribution in [-0.2, 0) is 0 Å². The molecular weight excluding hydrogens is 134 g/mol. The monoisotopic (exact) mass is 153 g/mol. The molecule has 1 saturated heterocycles. The molecule has 0 aromatic heterocycles. The van der Waals surface area contributed by atoms with E-state index in [1.54, 1.807) is 0 Å². The number of hydrogen-bond donors (Lipinski definition) is 1. The van der Waals surface area contributed by atoms with Crippen LogP contribution in [0.4, 0.5) is 0 Å². The van der Waals surface area contributed by atoms with Crippen molar-refractivity contribution in [2.45, 2.75) is 45.6 Å². The van der Waals surface area contributed by atoms with Crippen molar-refractivity contribution in [3.05, 3.63) is 0 Å². The largest absolute Gasteiger partial charge is 0.311 e. The topological polar surface area (TPSA) is 12.0 Å². The van der Waals surface area contributed by atoms with Crippen LogP contribution in [0.2, 0.25) is 0 Å². The van der Waals surface area contributed by atoms with E-state index in [1.165, 1.54) is 25.8 Å². The molecule has 0 spiro atoms. The molecule has 11 heavy (non-hydrogen) atoms. The summed E-state index contributed by atoms with van der Waals surface area (Å²) < 4.78 is 0. The maximum Gasteiger partial charge on any atom is 0.0156 e. The van der Waals surface area contributed by atoms with E-state index in [0.29, 0.717) is 11.0 Å². The highest BCUT2D eigenvalue weighted by Gasteiger charge is 2.46. The van der Waals surface area contributed by atoms with Crippen molar-refractivity contribution in [2.75, 3.05) is 6.54 Å². The number of hydrogen-bond acceptors (Lipinski definition) is 1. The van der Waals surface area contributed by atoms with Crippen molar-refractivity contribution < 1.29 is 0 Å². The van der Waals surface area contributed by atoms with Crippen molar-refractivity contribution >= 4 is 0 Å². The second-order valence-electron chi connectivity index (χ2n) is 5.34. The lowest BCUT2D eigenvalue weighted by Crippen LogP contribution is -2.50. The first-order chi connectivity index (χ1) is 5.02. The zero-order chi connectivity index (χ0) is 8.11. The van der Waals surface area contributed by atoms with Crippen molar-refractivity contribution in [1.29, 1.82) is 0 Å². The third kappa shape index (κ3) is 1.10. The highest BCUT2D eigenvalue weighted by atomic mass is 15.0. The van der Waals surface area contributed by atoms with Gasteiger partial charge in [-0.3, -0.25) is 0 Å². The standard InChI is InChI=1S/C10H19N/c1-9(2)7-11-10(3)5-4-8(9)6-10/h8,11H,4-7H2,1-3H3.